The van der Waals surface area contributed by atoms with Crippen LogP contribution in [0.15, 0.2) is 24.3 Å². The summed E-state index contributed by atoms with van der Waals surface area (Å²) in [5, 5.41) is 0. The Morgan fingerprint density at radius 3 is 2.82 bits per heavy atom. The lowest BCUT2D eigenvalue weighted by molar-refractivity contribution is -0.149. The van der Waals surface area contributed by atoms with E-state index in [4.69, 9.17) is 9.47 Å². The number of hydrogen-bond donors (Lipinski definition) is 0. The van der Waals surface area contributed by atoms with Crippen molar-refractivity contribution in [1.29, 1.82) is 0 Å². The highest BCUT2D eigenvalue weighted by Crippen LogP contribution is 2.52. The van der Waals surface area contributed by atoms with E-state index in [0.717, 1.165) is 30.6 Å². The van der Waals surface area contributed by atoms with Gasteiger partial charge in [0.25, 0.3) is 0 Å². The lowest BCUT2D eigenvalue weighted by Gasteiger charge is -2.28. The van der Waals surface area contributed by atoms with Crippen LogP contribution in [-0.2, 0) is 15.1 Å². The van der Waals surface area contributed by atoms with Crippen LogP contribution >= 0.6 is 0 Å². The Bertz CT molecular complexity index is 437. The number of esters is 1. The maximum atomic E-state index is 11.5. The van der Waals surface area contributed by atoms with Gasteiger partial charge in [0.1, 0.15) is 11.4 Å². The molecule has 1 saturated carbocycles. The van der Waals surface area contributed by atoms with E-state index in [-0.39, 0.29) is 11.6 Å². The molecule has 1 heterocycles. The number of methoxy groups -OCH3 is 1. The second-order valence-corrected chi connectivity index (χ2v) is 4.89. The molecule has 17 heavy (non-hydrogen) atoms. The molecule has 0 radical (unpaired) electrons. The fraction of sp³-hybridized carbons (Fsp3) is 0.500. The van der Waals surface area contributed by atoms with Crippen LogP contribution in [0.4, 0.5) is 0 Å². The molecule has 3 nitrogen and oxygen atoms in total. The molecule has 1 aliphatic carbocycles. The van der Waals surface area contributed by atoms with E-state index in [1.54, 1.807) is 7.11 Å². The average molecular weight is 232 g/mol. The normalized spacial score (nSPS) is 31.1. The predicted octanol–water partition coefficient (Wildman–Crippen LogP) is 2.64. The van der Waals surface area contributed by atoms with Crippen molar-refractivity contribution in [3.63, 3.8) is 0 Å². The van der Waals surface area contributed by atoms with Crippen LogP contribution in [0.2, 0.25) is 0 Å². The van der Waals surface area contributed by atoms with Gasteiger partial charge in [-0.05, 0) is 37.0 Å². The Hall–Kier alpha value is -1.51. The summed E-state index contributed by atoms with van der Waals surface area (Å²) in [6.45, 7) is 0. The van der Waals surface area contributed by atoms with Crippen LogP contribution in [0.3, 0.4) is 0 Å². The molecule has 0 spiro atoms. The quantitative estimate of drug-likeness (QED) is 0.735. The van der Waals surface area contributed by atoms with Crippen LogP contribution in [0.1, 0.15) is 31.2 Å². The van der Waals surface area contributed by atoms with Crippen LogP contribution in [0.25, 0.3) is 0 Å². The SMILES string of the molecule is COc1ccc([C@]23CCC[C@H]2CC(=O)O3)cc1. The summed E-state index contributed by atoms with van der Waals surface area (Å²) < 4.78 is 10.8. The van der Waals surface area contributed by atoms with Gasteiger partial charge in [0, 0.05) is 5.92 Å². The van der Waals surface area contributed by atoms with Crippen LogP contribution < -0.4 is 4.74 Å². The lowest BCUT2D eigenvalue weighted by Crippen LogP contribution is -2.27. The van der Waals surface area contributed by atoms with E-state index in [0.29, 0.717) is 12.3 Å². The third-order valence-corrected chi connectivity index (χ3v) is 4.05. The van der Waals surface area contributed by atoms with Crippen LogP contribution in [0.5, 0.6) is 5.75 Å². The first kappa shape index (κ1) is 10.6. The maximum absolute atomic E-state index is 11.5. The number of hydrogen-bond acceptors (Lipinski definition) is 3. The van der Waals surface area contributed by atoms with Gasteiger partial charge in [-0.15, -0.1) is 0 Å². The predicted molar refractivity (Wildman–Crippen MR) is 62.7 cm³/mol. The Balaban J connectivity index is 1.98. The molecule has 0 unspecified atom stereocenters. The summed E-state index contributed by atoms with van der Waals surface area (Å²) in [6.07, 6.45) is 3.77. The van der Waals surface area contributed by atoms with E-state index in [1.807, 2.05) is 24.3 Å². The summed E-state index contributed by atoms with van der Waals surface area (Å²) in [5.41, 5.74) is 0.773. The highest BCUT2D eigenvalue weighted by atomic mass is 16.6. The van der Waals surface area contributed by atoms with E-state index in [2.05, 4.69) is 0 Å². The lowest BCUT2D eigenvalue weighted by atomic mass is 9.84. The van der Waals surface area contributed by atoms with Crippen LogP contribution in [-0.4, -0.2) is 13.1 Å². The highest BCUT2D eigenvalue weighted by Gasteiger charge is 2.53. The van der Waals surface area contributed by atoms with Gasteiger partial charge in [-0.2, -0.15) is 0 Å². The minimum absolute atomic E-state index is 0.0504. The van der Waals surface area contributed by atoms with Crippen molar-refractivity contribution in [2.45, 2.75) is 31.3 Å². The number of carbonyl (C=O) groups excluding carboxylic acids is 1. The van der Waals surface area contributed by atoms with Gasteiger partial charge in [-0.1, -0.05) is 12.1 Å². The Labute approximate surface area is 101 Å². The zero-order valence-corrected chi connectivity index (χ0v) is 9.94. The second kappa shape index (κ2) is 3.76. The summed E-state index contributed by atoms with van der Waals surface area (Å²) in [6, 6.07) is 7.92. The number of ether oxygens (including phenoxy) is 2. The maximum Gasteiger partial charge on any atom is 0.307 e. The summed E-state index contributed by atoms with van der Waals surface area (Å²) in [5.74, 6) is 1.15. The van der Waals surface area contributed by atoms with Crippen LogP contribution in [0, 0.1) is 5.92 Å². The molecule has 0 amide bonds. The van der Waals surface area contributed by atoms with Gasteiger partial charge in [0.15, 0.2) is 0 Å². The molecule has 2 aliphatic rings. The van der Waals surface area contributed by atoms with Gasteiger partial charge < -0.3 is 9.47 Å². The van der Waals surface area contributed by atoms with Crippen molar-refractivity contribution in [3.05, 3.63) is 29.8 Å². The largest absolute Gasteiger partial charge is 0.497 e. The zero-order chi connectivity index (χ0) is 11.9. The van der Waals surface area contributed by atoms with Gasteiger partial charge in [-0.3, -0.25) is 4.79 Å². The third kappa shape index (κ3) is 1.53. The molecule has 0 bridgehead atoms. The molecule has 1 aromatic carbocycles. The Kier molecular flexibility index (Phi) is 2.35. The van der Waals surface area contributed by atoms with Crippen molar-refractivity contribution >= 4 is 5.97 Å². The molecule has 1 aromatic rings. The van der Waals surface area contributed by atoms with Gasteiger partial charge in [0.05, 0.1) is 13.5 Å². The van der Waals surface area contributed by atoms with Crippen molar-refractivity contribution in [2.75, 3.05) is 7.11 Å². The van der Waals surface area contributed by atoms with Gasteiger partial charge in [0.2, 0.25) is 0 Å². The molecule has 0 aromatic heterocycles. The molecule has 90 valence electrons. The standard InChI is InChI=1S/C14H16O3/c1-16-12-6-4-10(5-7-12)14-8-2-3-11(14)9-13(15)17-14/h4-7,11H,2-3,8-9H2,1H3/t11-,14+/m0/s1. The zero-order valence-electron chi connectivity index (χ0n) is 9.94. The average Bonchev–Trinajstić information content (AvgIpc) is 2.86. The van der Waals surface area contributed by atoms with E-state index >= 15 is 0 Å². The monoisotopic (exact) mass is 232 g/mol. The second-order valence-electron chi connectivity index (χ2n) is 4.89. The summed E-state index contributed by atoms with van der Waals surface area (Å²) in [4.78, 5) is 11.5. The molecule has 1 aliphatic heterocycles. The van der Waals surface area contributed by atoms with Crippen molar-refractivity contribution < 1.29 is 14.3 Å². The molecule has 2 fully saturated rings. The number of carbonyl (C=O) groups is 1. The molecular formula is C14H16O3. The molecule has 3 heteroatoms. The Morgan fingerprint density at radius 2 is 2.12 bits per heavy atom. The van der Waals surface area contributed by atoms with Crippen molar-refractivity contribution in [2.24, 2.45) is 5.92 Å². The first-order valence-electron chi connectivity index (χ1n) is 6.11. The fourth-order valence-corrected chi connectivity index (χ4v) is 3.21. The van der Waals surface area contributed by atoms with E-state index < -0.39 is 0 Å². The minimum Gasteiger partial charge on any atom is -0.497 e. The third-order valence-electron chi connectivity index (χ3n) is 4.05. The smallest absolute Gasteiger partial charge is 0.307 e. The fourth-order valence-electron chi connectivity index (χ4n) is 3.21. The van der Waals surface area contributed by atoms with E-state index in [1.165, 1.54) is 0 Å². The summed E-state index contributed by atoms with van der Waals surface area (Å²) in [7, 11) is 1.65. The Morgan fingerprint density at radius 1 is 1.35 bits per heavy atom. The van der Waals surface area contributed by atoms with E-state index in [9.17, 15) is 4.79 Å². The number of fused-ring (bicyclic) bond motifs is 1. The number of benzene rings is 1. The topological polar surface area (TPSA) is 35.5 Å². The molecular weight excluding hydrogens is 216 g/mol. The highest BCUT2D eigenvalue weighted by molar-refractivity contribution is 5.73. The molecule has 1 saturated heterocycles. The first-order valence-corrected chi connectivity index (χ1v) is 6.11. The van der Waals surface area contributed by atoms with Crippen molar-refractivity contribution in [3.8, 4) is 5.75 Å². The van der Waals surface area contributed by atoms with Gasteiger partial charge in [-0.25, -0.2) is 0 Å². The first-order chi connectivity index (χ1) is 8.24. The molecule has 2 atom stereocenters. The van der Waals surface area contributed by atoms with Gasteiger partial charge >= 0.3 is 5.97 Å². The summed E-state index contributed by atoms with van der Waals surface area (Å²) >= 11 is 0. The van der Waals surface area contributed by atoms with Crippen molar-refractivity contribution in [1.82, 2.24) is 0 Å². The number of rotatable bonds is 2. The molecule has 0 N–H and O–H groups in total. The molecule has 3 rings (SSSR count). The minimum atomic E-state index is -0.344.